The first-order chi connectivity index (χ1) is 11.4. The highest BCUT2D eigenvalue weighted by Gasteiger charge is 2.52. The smallest absolute Gasteiger partial charge is 0.342 e. The van der Waals surface area contributed by atoms with Gasteiger partial charge in [-0.05, 0) is 63.2 Å². The number of aromatic nitrogens is 2. The highest BCUT2D eigenvalue weighted by molar-refractivity contribution is 7.89. The van der Waals surface area contributed by atoms with E-state index in [-0.39, 0.29) is 22.7 Å². The normalized spacial score (nSPS) is 34.5. The Hall–Kier alpha value is -1.41. The summed E-state index contributed by atoms with van der Waals surface area (Å²) in [6.45, 7) is 1.87. The second kappa shape index (κ2) is 5.56. The number of hydrogen-bond donors (Lipinski definition) is 2. The number of nitrogens with zero attached hydrogens (tertiary/aromatic N) is 1. The Morgan fingerprint density at radius 1 is 1.29 bits per heavy atom. The number of rotatable bonds is 5. The number of sulfonamides is 1. The summed E-state index contributed by atoms with van der Waals surface area (Å²) >= 11 is 0. The number of H-pyrrole nitrogens is 1. The molecule has 0 aliphatic heterocycles. The SMILES string of the molecule is CCOC(=O)c1cn[nH]c1S(=O)(=O)NC12CC3CC(CC(C3)C1)C2. The van der Waals surface area contributed by atoms with Gasteiger partial charge in [0.15, 0.2) is 5.03 Å². The van der Waals surface area contributed by atoms with Crippen LogP contribution < -0.4 is 4.72 Å². The Labute approximate surface area is 141 Å². The number of esters is 1. The number of aromatic amines is 1. The number of hydrogen-bond acceptors (Lipinski definition) is 5. The number of nitrogens with one attached hydrogen (secondary N) is 2. The van der Waals surface area contributed by atoms with E-state index in [9.17, 15) is 13.2 Å². The van der Waals surface area contributed by atoms with Gasteiger partial charge in [0, 0.05) is 5.54 Å². The van der Waals surface area contributed by atoms with Gasteiger partial charge in [-0.25, -0.2) is 17.9 Å². The van der Waals surface area contributed by atoms with Crippen LogP contribution in [0, 0.1) is 17.8 Å². The maximum atomic E-state index is 12.9. The second-order valence-corrected chi connectivity index (χ2v) is 9.26. The summed E-state index contributed by atoms with van der Waals surface area (Å²) in [6.07, 6.45) is 7.63. The van der Waals surface area contributed by atoms with Crippen LogP contribution in [0.3, 0.4) is 0 Å². The number of carbonyl (C=O) groups excluding carboxylic acids is 1. The third-order valence-electron chi connectivity index (χ3n) is 5.76. The molecule has 7 nitrogen and oxygen atoms in total. The Morgan fingerprint density at radius 2 is 1.88 bits per heavy atom. The van der Waals surface area contributed by atoms with E-state index in [0.717, 1.165) is 19.3 Å². The largest absolute Gasteiger partial charge is 0.462 e. The van der Waals surface area contributed by atoms with Gasteiger partial charge in [-0.15, -0.1) is 0 Å². The van der Waals surface area contributed by atoms with E-state index < -0.39 is 16.0 Å². The minimum atomic E-state index is -3.84. The van der Waals surface area contributed by atoms with Gasteiger partial charge in [-0.3, -0.25) is 5.10 Å². The monoisotopic (exact) mass is 353 g/mol. The molecule has 4 aliphatic carbocycles. The summed E-state index contributed by atoms with van der Waals surface area (Å²) in [7, 11) is -3.84. The van der Waals surface area contributed by atoms with Crippen molar-refractivity contribution in [1.29, 1.82) is 0 Å². The zero-order valence-corrected chi connectivity index (χ0v) is 14.6. The predicted molar refractivity (Wildman–Crippen MR) is 85.8 cm³/mol. The average molecular weight is 353 g/mol. The fourth-order valence-corrected chi connectivity index (χ4v) is 6.93. The summed E-state index contributed by atoms with van der Waals surface area (Å²) in [5, 5.41) is 6.02. The first-order valence-corrected chi connectivity index (χ1v) is 10.1. The van der Waals surface area contributed by atoms with Crippen LogP contribution in [-0.2, 0) is 14.8 Å². The number of ether oxygens (including phenoxy) is 1. The molecule has 4 aliphatic rings. The van der Waals surface area contributed by atoms with Crippen molar-refractivity contribution in [3.63, 3.8) is 0 Å². The molecule has 1 heterocycles. The van der Waals surface area contributed by atoms with Crippen molar-refractivity contribution in [3.05, 3.63) is 11.8 Å². The van der Waals surface area contributed by atoms with Gasteiger partial charge in [0.25, 0.3) is 10.0 Å². The Kier molecular flexibility index (Phi) is 3.72. The lowest BCUT2D eigenvalue weighted by Crippen LogP contribution is -2.59. The highest BCUT2D eigenvalue weighted by Crippen LogP contribution is 2.55. The van der Waals surface area contributed by atoms with E-state index in [1.54, 1.807) is 6.92 Å². The average Bonchev–Trinajstić information content (AvgIpc) is 2.95. The van der Waals surface area contributed by atoms with E-state index in [1.807, 2.05) is 0 Å². The van der Waals surface area contributed by atoms with Gasteiger partial charge in [0.2, 0.25) is 0 Å². The van der Waals surface area contributed by atoms with Crippen molar-refractivity contribution in [2.75, 3.05) is 6.61 Å². The molecule has 4 bridgehead atoms. The molecule has 132 valence electrons. The molecule has 1 aromatic rings. The molecule has 2 N–H and O–H groups in total. The molecule has 0 atom stereocenters. The fourth-order valence-electron chi connectivity index (χ4n) is 5.41. The van der Waals surface area contributed by atoms with Crippen molar-refractivity contribution >= 4 is 16.0 Å². The Morgan fingerprint density at radius 3 is 2.42 bits per heavy atom. The molecule has 0 aromatic carbocycles. The molecule has 5 rings (SSSR count). The molecule has 1 aromatic heterocycles. The molecule has 0 unspecified atom stereocenters. The zero-order valence-electron chi connectivity index (χ0n) is 13.7. The lowest BCUT2D eigenvalue weighted by Gasteiger charge is -2.56. The van der Waals surface area contributed by atoms with Crippen LogP contribution in [0.1, 0.15) is 55.8 Å². The van der Waals surface area contributed by atoms with E-state index in [1.165, 1.54) is 25.5 Å². The van der Waals surface area contributed by atoms with Crippen LogP contribution in [0.25, 0.3) is 0 Å². The van der Waals surface area contributed by atoms with E-state index in [0.29, 0.717) is 17.8 Å². The summed E-state index contributed by atoms with van der Waals surface area (Å²) in [6, 6.07) is 0. The zero-order chi connectivity index (χ0) is 16.9. The Bertz CT molecular complexity index is 720. The molecular formula is C16H23N3O4S. The summed E-state index contributed by atoms with van der Waals surface area (Å²) < 4.78 is 33.7. The summed E-state index contributed by atoms with van der Waals surface area (Å²) in [5.41, 5.74) is -0.390. The van der Waals surface area contributed by atoms with Crippen LogP contribution in [0.15, 0.2) is 11.2 Å². The topological polar surface area (TPSA) is 101 Å². The molecule has 0 amide bonds. The first kappa shape index (κ1) is 16.1. The lowest BCUT2D eigenvalue weighted by atomic mass is 9.53. The van der Waals surface area contributed by atoms with Gasteiger partial charge in [-0.1, -0.05) is 0 Å². The van der Waals surface area contributed by atoms with Crippen LogP contribution in [-0.4, -0.2) is 36.7 Å². The molecule has 8 heteroatoms. The van der Waals surface area contributed by atoms with Gasteiger partial charge in [-0.2, -0.15) is 5.10 Å². The molecule has 4 fully saturated rings. The standard InChI is InChI=1S/C16H23N3O4S/c1-2-23-15(20)13-9-17-18-14(13)24(21,22)19-16-6-10-3-11(7-16)5-12(4-10)8-16/h9-12,19H,2-8H2,1H3,(H,17,18). The van der Waals surface area contributed by atoms with Gasteiger partial charge < -0.3 is 4.74 Å². The molecular weight excluding hydrogens is 330 g/mol. The highest BCUT2D eigenvalue weighted by atomic mass is 32.2. The van der Waals surface area contributed by atoms with Gasteiger partial charge in [0.1, 0.15) is 5.56 Å². The minimum Gasteiger partial charge on any atom is -0.462 e. The molecule has 4 saturated carbocycles. The minimum absolute atomic E-state index is 0.0333. The number of carbonyl (C=O) groups is 1. The van der Waals surface area contributed by atoms with E-state index in [4.69, 9.17) is 4.74 Å². The third-order valence-corrected chi connectivity index (χ3v) is 7.31. The first-order valence-electron chi connectivity index (χ1n) is 8.65. The van der Waals surface area contributed by atoms with E-state index in [2.05, 4.69) is 14.9 Å². The maximum Gasteiger partial charge on any atom is 0.342 e. The second-order valence-electron chi connectivity index (χ2n) is 7.64. The maximum absolute atomic E-state index is 12.9. The van der Waals surface area contributed by atoms with Gasteiger partial charge in [0.05, 0.1) is 12.8 Å². The van der Waals surface area contributed by atoms with Crippen molar-refractivity contribution in [3.8, 4) is 0 Å². The van der Waals surface area contributed by atoms with Crippen molar-refractivity contribution in [2.45, 2.75) is 56.0 Å². The van der Waals surface area contributed by atoms with Crippen molar-refractivity contribution in [2.24, 2.45) is 17.8 Å². The van der Waals surface area contributed by atoms with E-state index >= 15 is 0 Å². The van der Waals surface area contributed by atoms with Crippen molar-refractivity contribution < 1.29 is 17.9 Å². The van der Waals surface area contributed by atoms with Crippen LogP contribution in [0.2, 0.25) is 0 Å². The summed E-state index contributed by atoms with van der Waals surface area (Å²) in [5.74, 6) is 1.22. The van der Waals surface area contributed by atoms with Crippen LogP contribution >= 0.6 is 0 Å². The molecule has 0 spiro atoms. The predicted octanol–water partition coefficient (Wildman–Crippen LogP) is 1.83. The van der Waals surface area contributed by atoms with Crippen LogP contribution in [0.4, 0.5) is 0 Å². The summed E-state index contributed by atoms with van der Waals surface area (Å²) in [4.78, 5) is 12.0. The third kappa shape index (κ3) is 2.65. The lowest BCUT2D eigenvalue weighted by molar-refractivity contribution is -0.00816. The van der Waals surface area contributed by atoms with Crippen LogP contribution in [0.5, 0.6) is 0 Å². The Balaban J connectivity index is 1.61. The van der Waals surface area contributed by atoms with Gasteiger partial charge >= 0.3 is 5.97 Å². The quantitative estimate of drug-likeness (QED) is 0.787. The molecule has 0 saturated heterocycles. The van der Waals surface area contributed by atoms with Crippen molar-refractivity contribution in [1.82, 2.24) is 14.9 Å². The molecule has 24 heavy (non-hydrogen) atoms. The fraction of sp³-hybridized carbons (Fsp3) is 0.750. The molecule has 0 radical (unpaired) electrons.